The first-order valence-electron chi connectivity index (χ1n) is 6.09. The molecule has 0 saturated carbocycles. The van der Waals surface area contributed by atoms with Crippen LogP contribution < -0.4 is 10.6 Å². The zero-order valence-electron chi connectivity index (χ0n) is 10.2. The van der Waals surface area contributed by atoms with Crippen molar-refractivity contribution in [2.45, 2.75) is 26.3 Å². The van der Waals surface area contributed by atoms with Crippen LogP contribution in [0.5, 0.6) is 0 Å². The molecule has 4 heteroatoms. The molecule has 0 aliphatic carbocycles. The summed E-state index contributed by atoms with van der Waals surface area (Å²) in [6.07, 6.45) is 2.23. The lowest BCUT2D eigenvalue weighted by atomic mass is 10.2. The van der Waals surface area contributed by atoms with Crippen molar-refractivity contribution in [2.24, 2.45) is 0 Å². The fourth-order valence-corrected chi connectivity index (χ4v) is 1.86. The van der Waals surface area contributed by atoms with Crippen molar-refractivity contribution < 1.29 is 4.39 Å². The molecule has 0 saturated heterocycles. The minimum atomic E-state index is -0.156. The highest BCUT2D eigenvalue weighted by Crippen LogP contribution is 2.14. The molecule has 0 aromatic heterocycles. The smallest absolute Gasteiger partial charge is 0.128 e. The van der Waals surface area contributed by atoms with Crippen LogP contribution in [0.15, 0.2) is 22.7 Å². The summed E-state index contributed by atoms with van der Waals surface area (Å²) in [6, 6.07) is 5.17. The van der Waals surface area contributed by atoms with Crippen molar-refractivity contribution >= 4 is 15.9 Å². The molecule has 0 aliphatic rings. The summed E-state index contributed by atoms with van der Waals surface area (Å²) >= 11 is 3.24. The first-order chi connectivity index (χ1) is 8.24. The summed E-state index contributed by atoms with van der Waals surface area (Å²) in [4.78, 5) is 0. The fourth-order valence-electron chi connectivity index (χ4n) is 1.53. The van der Waals surface area contributed by atoms with Gasteiger partial charge in [-0.15, -0.1) is 0 Å². The Morgan fingerprint density at radius 2 is 1.94 bits per heavy atom. The van der Waals surface area contributed by atoms with E-state index in [1.165, 1.54) is 6.07 Å². The van der Waals surface area contributed by atoms with E-state index in [9.17, 15) is 4.39 Å². The molecule has 2 nitrogen and oxygen atoms in total. The van der Waals surface area contributed by atoms with Crippen LogP contribution in [-0.4, -0.2) is 19.6 Å². The largest absolute Gasteiger partial charge is 0.317 e. The molecule has 0 heterocycles. The Bertz CT molecular complexity index is 331. The van der Waals surface area contributed by atoms with Crippen LogP contribution in [0.4, 0.5) is 4.39 Å². The number of hydrogen-bond acceptors (Lipinski definition) is 2. The van der Waals surface area contributed by atoms with Gasteiger partial charge < -0.3 is 10.6 Å². The average Bonchev–Trinajstić information content (AvgIpc) is 2.30. The van der Waals surface area contributed by atoms with Gasteiger partial charge in [0.05, 0.1) is 0 Å². The molecule has 96 valence electrons. The summed E-state index contributed by atoms with van der Waals surface area (Å²) in [6.45, 7) is 5.74. The first-order valence-corrected chi connectivity index (χ1v) is 6.88. The van der Waals surface area contributed by atoms with Crippen molar-refractivity contribution in [1.82, 2.24) is 10.6 Å². The lowest BCUT2D eigenvalue weighted by molar-refractivity contribution is 0.566. The molecule has 0 amide bonds. The quantitative estimate of drug-likeness (QED) is 0.721. The van der Waals surface area contributed by atoms with Gasteiger partial charge >= 0.3 is 0 Å². The van der Waals surface area contributed by atoms with Crippen molar-refractivity contribution in [3.63, 3.8) is 0 Å². The minimum Gasteiger partial charge on any atom is -0.317 e. The van der Waals surface area contributed by atoms with E-state index in [4.69, 9.17) is 0 Å². The maximum Gasteiger partial charge on any atom is 0.128 e. The summed E-state index contributed by atoms with van der Waals surface area (Å²) in [5, 5.41) is 6.58. The highest BCUT2D eigenvalue weighted by Gasteiger charge is 2.01. The SMILES string of the molecule is CCCNCCCNCc1ccc(Br)cc1F. The second kappa shape index (κ2) is 8.61. The number of nitrogens with one attached hydrogen (secondary N) is 2. The minimum absolute atomic E-state index is 0.156. The molecule has 0 radical (unpaired) electrons. The van der Waals surface area contributed by atoms with E-state index in [1.807, 2.05) is 12.1 Å². The molecule has 0 fully saturated rings. The molecular formula is C13H20BrFN2. The lowest BCUT2D eigenvalue weighted by Gasteiger charge is -2.07. The summed E-state index contributed by atoms with van der Waals surface area (Å²) in [5.41, 5.74) is 0.717. The summed E-state index contributed by atoms with van der Waals surface area (Å²) in [7, 11) is 0. The molecule has 0 bridgehead atoms. The second-order valence-electron chi connectivity index (χ2n) is 4.02. The highest BCUT2D eigenvalue weighted by molar-refractivity contribution is 9.10. The van der Waals surface area contributed by atoms with Gasteiger partial charge in [-0.3, -0.25) is 0 Å². The van der Waals surface area contributed by atoms with Gasteiger partial charge in [-0.25, -0.2) is 4.39 Å². The summed E-state index contributed by atoms with van der Waals surface area (Å²) < 4.78 is 14.2. The van der Waals surface area contributed by atoms with Gasteiger partial charge in [0.2, 0.25) is 0 Å². The standard InChI is InChI=1S/C13H20BrFN2/c1-2-6-16-7-3-8-17-10-11-4-5-12(14)9-13(11)15/h4-5,9,16-17H,2-3,6-8,10H2,1H3. The summed E-state index contributed by atoms with van der Waals surface area (Å²) in [5.74, 6) is -0.156. The van der Waals surface area contributed by atoms with Gasteiger partial charge in [-0.05, 0) is 44.6 Å². The van der Waals surface area contributed by atoms with Crippen LogP contribution in [0.25, 0.3) is 0 Å². The Hall–Kier alpha value is -0.450. The Morgan fingerprint density at radius 3 is 2.65 bits per heavy atom. The number of benzene rings is 1. The van der Waals surface area contributed by atoms with Crippen LogP contribution in [0.2, 0.25) is 0 Å². The Labute approximate surface area is 111 Å². The van der Waals surface area contributed by atoms with Gasteiger partial charge in [0.1, 0.15) is 5.82 Å². The third-order valence-corrected chi connectivity index (χ3v) is 2.96. The normalized spacial score (nSPS) is 10.8. The van der Waals surface area contributed by atoms with Crippen LogP contribution >= 0.6 is 15.9 Å². The number of rotatable bonds is 8. The van der Waals surface area contributed by atoms with Gasteiger partial charge in [0, 0.05) is 16.6 Å². The molecule has 0 unspecified atom stereocenters. The third-order valence-electron chi connectivity index (χ3n) is 2.46. The Balaban J connectivity index is 2.14. The van der Waals surface area contributed by atoms with Crippen molar-refractivity contribution in [2.75, 3.05) is 19.6 Å². The zero-order chi connectivity index (χ0) is 12.5. The third kappa shape index (κ3) is 6.15. The van der Waals surface area contributed by atoms with Crippen molar-refractivity contribution in [3.05, 3.63) is 34.1 Å². The van der Waals surface area contributed by atoms with E-state index in [1.54, 1.807) is 0 Å². The van der Waals surface area contributed by atoms with Crippen LogP contribution in [0, 0.1) is 5.82 Å². The topological polar surface area (TPSA) is 24.1 Å². The maximum absolute atomic E-state index is 13.4. The van der Waals surface area contributed by atoms with E-state index >= 15 is 0 Å². The van der Waals surface area contributed by atoms with Gasteiger partial charge in [-0.2, -0.15) is 0 Å². The predicted octanol–water partition coefficient (Wildman–Crippen LogP) is 3.07. The number of halogens is 2. The molecule has 17 heavy (non-hydrogen) atoms. The molecule has 0 atom stereocenters. The molecule has 0 aliphatic heterocycles. The molecule has 1 aromatic carbocycles. The van der Waals surface area contributed by atoms with Gasteiger partial charge in [0.15, 0.2) is 0 Å². The van der Waals surface area contributed by atoms with E-state index in [2.05, 4.69) is 33.5 Å². The molecular weight excluding hydrogens is 283 g/mol. The van der Waals surface area contributed by atoms with Crippen molar-refractivity contribution in [3.8, 4) is 0 Å². The zero-order valence-corrected chi connectivity index (χ0v) is 11.8. The predicted molar refractivity (Wildman–Crippen MR) is 73.6 cm³/mol. The van der Waals surface area contributed by atoms with Gasteiger partial charge in [-0.1, -0.05) is 28.9 Å². The molecule has 0 spiro atoms. The van der Waals surface area contributed by atoms with Gasteiger partial charge in [0.25, 0.3) is 0 Å². The molecule has 2 N–H and O–H groups in total. The van der Waals surface area contributed by atoms with E-state index < -0.39 is 0 Å². The van der Waals surface area contributed by atoms with Crippen LogP contribution in [0.3, 0.4) is 0 Å². The maximum atomic E-state index is 13.4. The van der Waals surface area contributed by atoms with E-state index in [0.29, 0.717) is 6.54 Å². The first kappa shape index (κ1) is 14.6. The lowest BCUT2D eigenvalue weighted by Crippen LogP contribution is -2.22. The fraction of sp³-hybridized carbons (Fsp3) is 0.538. The van der Waals surface area contributed by atoms with E-state index in [0.717, 1.165) is 42.5 Å². The number of hydrogen-bond donors (Lipinski definition) is 2. The van der Waals surface area contributed by atoms with Crippen LogP contribution in [0.1, 0.15) is 25.3 Å². The highest BCUT2D eigenvalue weighted by atomic mass is 79.9. The Morgan fingerprint density at radius 1 is 1.18 bits per heavy atom. The average molecular weight is 303 g/mol. The second-order valence-corrected chi connectivity index (χ2v) is 4.93. The van der Waals surface area contributed by atoms with Crippen LogP contribution in [-0.2, 0) is 6.54 Å². The molecule has 1 rings (SSSR count). The van der Waals surface area contributed by atoms with E-state index in [-0.39, 0.29) is 5.82 Å². The molecule has 1 aromatic rings. The monoisotopic (exact) mass is 302 g/mol. The van der Waals surface area contributed by atoms with Crippen molar-refractivity contribution in [1.29, 1.82) is 0 Å². The Kier molecular flexibility index (Phi) is 7.40.